The van der Waals surface area contributed by atoms with Gasteiger partial charge in [-0.1, -0.05) is 58.3 Å². The fraction of sp³-hybridized carbons (Fsp3) is 0.105. The van der Waals surface area contributed by atoms with Crippen LogP contribution in [0.1, 0.15) is 5.56 Å². The summed E-state index contributed by atoms with van der Waals surface area (Å²) in [5.41, 5.74) is 1.74. The number of nitrogens with one attached hydrogen (secondary N) is 1. The molecule has 3 aromatic rings. The van der Waals surface area contributed by atoms with Crippen LogP contribution in [0, 0.1) is 0 Å². The number of halogens is 3. The molecule has 4 rings (SSSR count). The Labute approximate surface area is 204 Å². The van der Waals surface area contributed by atoms with Gasteiger partial charge in [0.15, 0.2) is 5.13 Å². The minimum atomic E-state index is -3.92. The molecule has 7 nitrogen and oxygen atoms in total. The van der Waals surface area contributed by atoms with Crippen molar-refractivity contribution in [3.8, 4) is 0 Å². The highest BCUT2D eigenvalue weighted by Gasteiger charge is 2.33. The zero-order chi connectivity index (χ0) is 23.1. The summed E-state index contributed by atoms with van der Waals surface area (Å²) >= 11 is 18.6. The van der Waals surface area contributed by atoms with Gasteiger partial charge in [-0.15, -0.1) is 0 Å². The lowest BCUT2D eigenvalue weighted by molar-refractivity contribution is 0.394. The van der Waals surface area contributed by atoms with Crippen molar-refractivity contribution in [1.29, 1.82) is 0 Å². The van der Waals surface area contributed by atoms with E-state index in [1.807, 2.05) is 6.08 Å². The molecule has 1 N–H and O–H groups in total. The van der Waals surface area contributed by atoms with E-state index in [2.05, 4.69) is 9.71 Å². The lowest BCUT2D eigenvalue weighted by Crippen LogP contribution is -2.44. The number of hydrogen-bond acceptors (Lipinski definition) is 6. The number of sulfonamides is 2. The van der Waals surface area contributed by atoms with E-state index in [1.54, 1.807) is 18.2 Å². The Morgan fingerprint density at radius 1 is 0.938 bits per heavy atom. The van der Waals surface area contributed by atoms with Gasteiger partial charge in [0.25, 0.3) is 10.0 Å². The minimum absolute atomic E-state index is 0.00216. The molecule has 1 fully saturated rings. The zero-order valence-electron chi connectivity index (χ0n) is 16.0. The highest BCUT2D eigenvalue weighted by Crippen LogP contribution is 2.29. The smallest absolute Gasteiger partial charge is 0.255 e. The van der Waals surface area contributed by atoms with Crippen LogP contribution in [-0.2, 0) is 20.0 Å². The third-order valence-electron chi connectivity index (χ3n) is 4.54. The van der Waals surface area contributed by atoms with E-state index in [0.717, 1.165) is 22.5 Å². The minimum Gasteiger partial charge on any atom is -0.255 e. The Hall–Kier alpha value is -1.66. The topological polar surface area (TPSA) is 96.4 Å². The first-order chi connectivity index (χ1) is 15.0. The van der Waals surface area contributed by atoms with Gasteiger partial charge in [0.05, 0.1) is 26.0 Å². The van der Waals surface area contributed by atoms with Gasteiger partial charge in [0, 0.05) is 13.1 Å². The van der Waals surface area contributed by atoms with Crippen molar-refractivity contribution in [2.24, 2.45) is 0 Å². The SMILES string of the molecule is O=S(=O)(Nc1ncc(Cl)s1)c1ccc(S(=O)(=O)N2CC(=Cc3ccc(Cl)c(Cl)c3)C2)cc1. The Bertz CT molecular complexity index is 1410. The lowest BCUT2D eigenvalue weighted by Gasteiger charge is -2.33. The van der Waals surface area contributed by atoms with Crippen molar-refractivity contribution in [3.05, 3.63) is 74.2 Å². The maximum absolute atomic E-state index is 12.8. The van der Waals surface area contributed by atoms with Gasteiger partial charge in [-0.05, 0) is 47.5 Å². The van der Waals surface area contributed by atoms with Gasteiger partial charge in [-0.2, -0.15) is 4.31 Å². The average Bonchev–Trinajstić information content (AvgIpc) is 3.11. The number of hydrogen-bond donors (Lipinski definition) is 1. The molecule has 1 aromatic heterocycles. The first-order valence-corrected chi connectivity index (χ1v) is 13.8. The standard InChI is InChI=1S/C19H14Cl3N3O4S3/c20-16-6-1-12(8-17(16)21)7-13-10-25(11-13)32(28,29)15-4-2-14(3-5-15)31(26,27)24-19-23-9-18(22)30-19/h1-9H,10-11H2,(H,23,24). The van der Waals surface area contributed by atoms with Crippen molar-refractivity contribution < 1.29 is 16.8 Å². The number of rotatable bonds is 6. The van der Waals surface area contributed by atoms with Crippen LogP contribution < -0.4 is 4.72 Å². The summed E-state index contributed by atoms with van der Waals surface area (Å²) in [6.07, 6.45) is 3.19. The molecular formula is C19H14Cl3N3O4S3. The summed E-state index contributed by atoms with van der Waals surface area (Å²) < 4.78 is 54.5. The highest BCUT2D eigenvalue weighted by atomic mass is 35.5. The molecule has 0 aliphatic carbocycles. The van der Waals surface area contributed by atoms with Crippen LogP contribution in [0.2, 0.25) is 14.4 Å². The van der Waals surface area contributed by atoms with Crippen LogP contribution in [0.5, 0.6) is 0 Å². The van der Waals surface area contributed by atoms with Crippen LogP contribution in [0.25, 0.3) is 6.08 Å². The molecule has 0 spiro atoms. The van der Waals surface area contributed by atoms with E-state index >= 15 is 0 Å². The van der Waals surface area contributed by atoms with Crippen molar-refractivity contribution >= 4 is 77.4 Å². The summed E-state index contributed by atoms with van der Waals surface area (Å²) in [5.74, 6) is 0. The van der Waals surface area contributed by atoms with Gasteiger partial charge in [0.1, 0.15) is 4.34 Å². The summed E-state index contributed by atoms with van der Waals surface area (Å²) in [4.78, 5) is 3.76. The second-order valence-corrected chi connectivity index (χ2v) is 12.9. The lowest BCUT2D eigenvalue weighted by atomic mass is 10.1. The summed E-state index contributed by atoms with van der Waals surface area (Å²) in [6, 6.07) is 10.2. The van der Waals surface area contributed by atoms with E-state index < -0.39 is 20.0 Å². The zero-order valence-corrected chi connectivity index (χ0v) is 20.7. The second-order valence-electron chi connectivity index (χ2n) is 6.80. The third-order valence-corrected chi connectivity index (χ3v) is 9.60. The molecule has 1 aliphatic rings. The molecule has 0 saturated carbocycles. The Morgan fingerprint density at radius 2 is 1.59 bits per heavy atom. The first-order valence-electron chi connectivity index (χ1n) is 8.93. The number of thiazole rings is 1. The molecule has 1 saturated heterocycles. The maximum Gasteiger partial charge on any atom is 0.263 e. The van der Waals surface area contributed by atoms with E-state index in [4.69, 9.17) is 34.8 Å². The Balaban J connectivity index is 1.45. The molecule has 0 unspecified atom stereocenters. The summed E-state index contributed by atoms with van der Waals surface area (Å²) in [5, 5.41) is 0.989. The number of aromatic nitrogens is 1. The number of anilines is 1. The van der Waals surface area contributed by atoms with Gasteiger partial charge in [0.2, 0.25) is 10.0 Å². The van der Waals surface area contributed by atoms with E-state index in [0.29, 0.717) is 14.4 Å². The van der Waals surface area contributed by atoms with Crippen LogP contribution in [-0.4, -0.2) is 39.2 Å². The van der Waals surface area contributed by atoms with Crippen molar-refractivity contribution in [3.63, 3.8) is 0 Å². The molecule has 0 atom stereocenters. The van der Waals surface area contributed by atoms with E-state index in [1.165, 1.54) is 34.8 Å². The fourth-order valence-corrected chi connectivity index (χ4v) is 6.73. The molecule has 168 valence electrons. The van der Waals surface area contributed by atoms with Crippen molar-refractivity contribution in [2.45, 2.75) is 9.79 Å². The van der Waals surface area contributed by atoms with Gasteiger partial charge >= 0.3 is 0 Å². The summed E-state index contributed by atoms with van der Waals surface area (Å²) in [6.45, 7) is 0.462. The Kier molecular flexibility index (Phi) is 6.56. The summed E-state index contributed by atoms with van der Waals surface area (Å²) in [7, 11) is -7.68. The first kappa shape index (κ1) is 23.5. The second kappa shape index (κ2) is 8.94. The van der Waals surface area contributed by atoms with Crippen molar-refractivity contribution in [2.75, 3.05) is 17.8 Å². The maximum atomic E-state index is 12.8. The van der Waals surface area contributed by atoms with Crippen molar-refractivity contribution in [1.82, 2.24) is 9.29 Å². The normalized spacial score (nSPS) is 14.8. The van der Waals surface area contributed by atoms with Gasteiger partial charge < -0.3 is 0 Å². The van der Waals surface area contributed by atoms with Crippen LogP contribution in [0.4, 0.5) is 5.13 Å². The third kappa shape index (κ3) is 4.96. The molecule has 0 bridgehead atoms. The number of benzene rings is 2. The molecule has 32 heavy (non-hydrogen) atoms. The average molecular weight is 551 g/mol. The van der Waals surface area contributed by atoms with Crippen LogP contribution in [0.3, 0.4) is 0 Å². The predicted molar refractivity (Wildman–Crippen MR) is 128 cm³/mol. The largest absolute Gasteiger partial charge is 0.263 e. The quantitative estimate of drug-likeness (QED) is 0.466. The molecule has 13 heteroatoms. The molecule has 0 amide bonds. The van der Waals surface area contributed by atoms with Crippen LogP contribution in [0.15, 0.2) is 64.0 Å². The fourth-order valence-electron chi connectivity index (χ4n) is 2.92. The number of nitrogens with zero attached hydrogens (tertiary/aromatic N) is 2. The molecule has 0 radical (unpaired) electrons. The van der Waals surface area contributed by atoms with E-state index in [9.17, 15) is 16.8 Å². The molecule has 2 aromatic carbocycles. The Morgan fingerprint density at radius 3 is 2.19 bits per heavy atom. The van der Waals surface area contributed by atoms with Gasteiger partial charge in [-0.3, -0.25) is 4.72 Å². The monoisotopic (exact) mass is 549 g/mol. The van der Waals surface area contributed by atoms with Gasteiger partial charge in [-0.25, -0.2) is 21.8 Å². The predicted octanol–water partition coefficient (Wildman–Crippen LogP) is 4.99. The molecular weight excluding hydrogens is 537 g/mol. The molecule has 1 aliphatic heterocycles. The highest BCUT2D eigenvalue weighted by molar-refractivity contribution is 7.93. The van der Waals surface area contributed by atoms with Crippen LogP contribution >= 0.6 is 46.1 Å². The molecule has 2 heterocycles. The van der Waals surface area contributed by atoms with E-state index in [-0.39, 0.29) is 28.0 Å².